The van der Waals surface area contributed by atoms with Crippen LogP contribution in [0.3, 0.4) is 0 Å². The maximum atomic E-state index is 10.5. The Morgan fingerprint density at radius 2 is 1.82 bits per heavy atom. The molecule has 0 amide bonds. The highest BCUT2D eigenvalue weighted by Gasteiger charge is 2.15. The van der Waals surface area contributed by atoms with E-state index < -0.39 is 0 Å². The zero-order chi connectivity index (χ0) is 12.1. The van der Waals surface area contributed by atoms with E-state index in [1.165, 1.54) is 12.4 Å². The van der Waals surface area contributed by atoms with Gasteiger partial charge in [-0.1, -0.05) is 30.3 Å². The van der Waals surface area contributed by atoms with Crippen LogP contribution in [0.2, 0.25) is 0 Å². The molecule has 0 radical (unpaired) electrons. The van der Waals surface area contributed by atoms with Crippen LogP contribution in [0.1, 0.15) is 27.8 Å². The molecule has 4 heteroatoms. The van der Waals surface area contributed by atoms with Crippen LogP contribution in [0.15, 0.2) is 42.7 Å². The second-order valence-corrected chi connectivity index (χ2v) is 3.52. The maximum Gasteiger partial charge on any atom is 0.161 e. The molecule has 2 aromatic rings. The normalized spacial score (nSPS) is 12.1. The minimum atomic E-state index is -0.308. The summed E-state index contributed by atoms with van der Waals surface area (Å²) in [5.74, 6) is 0.546. The van der Waals surface area contributed by atoms with E-state index in [-0.39, 0.29) is 6.10 Å². The number of ether oxygens (including phenoxy) is 1. The summed E-state index contributed by atoms with van der Waals surface area (Å²) in [7, 11) is 1.61. The average molecular weight is 228 g/mol. The third-order valence-corrected chi connectivity index (χ3v) is 2.40. The van der Waals surface area contributed by atoms with Crippen molar-refractivity contribution in [2.24, 2.45) is 0 Å². The van der Waals surface area contributed by atoms with Crippen LogP contribution in [0.4, 0.5) is 0 Å². The molecule has 86 valence electrons. The van der Waals surface area contributed by atoms with Gasteiger partial charge in [-0.05, 0) is 5.56 Å². The molecule has 1 heterocycles. The SMILES string of the molecule is COC(c1ccccc1)c1ncc(C=O)cn1. The Morgan fingerprint density at radius 1 is 1.18 bits per heavy atom. The fraction of sp³-hybridized carbons (Fsp3) is 0.154. The van der Waals surface area contributed by atoms with Gasteiger partial charge >= 0.3 is 0 Å². The highest BCUT2D eigenvalue weighted by molar-refractivity contribution is 5.73. The lowest BCUT2D eigenvalue weighted by molar-refractivity contribution is 0.112. The average Bonchev–Trinajstić information content (AvgIpc) is 2.42. The van der Waals surface area contributed by atoms with Crippen LogP contribution in [-0.2, 0) is 4.74 Å². The fourth-order valence-corrected chi connectivity index (χ4v) is 1.56. The number of benzene rings is 1. The van der Waals surface area contributed by atoms with Crippen molar-refractivity contribution in [3.63, 3.8) is 0 Å². The summed E-state index contributed by atoms with van der Waals surface area (Å²) in [6, 6.07) is 9.70. The van der Waals surface area contributed by atoms with Gasteiger partial charge in [-0.15, -0.1) is 0 Å². The van der Waals surface area contributed by atoms with Gasteiger partial charge in [0, 0.05) is 19.5 Å². The molecule has 4 nitrogen and oxygen atoms in total. The van der Waals surface area contributed by atoms with Gasteiger partial charge in [0.1, 0.15) is 6.10 Å². The second-order valence-electron chi connectivity index (χ2n) is 3.52. The summed E-state index contributed by atoms with van der Waals surface area (Å²) >= 11 is 0. The first-order valence-corrected chi connectivity index (χ1v) is 5.20. The summed E-state index contributed by atoms with van der Waals surface area (Å²) in [6.45, 7) is 0. The molecule has 0 aliphatic heterocycles. The summed E-state index contributed by atoms with van der Waals surface area (Å²) in [6.07, 6.45) is 3.39. The molecule has 1 unspecified atom stereocenters. The number of nitrogens with zero attached hydrogens (tertiary/aromatic N) is 2. The van der Waals surface area contributed by atoms with E-state index in [4.69, 9.17) is 4.74 Å². The molecule has 1 atom stereocenters. The minimum Gasteiger partial charge on any atom is -0.369 e. The number of methoxy groups -OCH3 is 1. The van der Waals surface area contributed by atoms with Crippen molar-refractivity contribution < 1.29 is 9.53 Å². The molecular formula is C13H12N2O2. The Morgan fingerprint density at radius 3 is 2.35 bits per heavy atom. The third kappa shape index (κ3) is 2.54. The lowest BCUT2D eigenvalue weighted by Crippen LogP contribution is -2.08. The van der Waals surface area contributed by atoms with Crippen molar-refractivity contribution in [2.45, 2.75) is 6.10 Å². The van der Waals surface area contributed by atoms with Crippen LogP contribution < -0.4 is 0 Å². The fourth-order valence-electron chi connectivity index (χ4n) is 1.56. The van der Waals surface area contributed by atoms with Gasteiger partial charge < -0.3 is 4.74 Å². The Kier molecular flexibility index (Phi) is 3.57. The third-order valence-electron chi connectivity index (χ3n) is 2.40. The predicted octanol–water partition coefficient (Wildman–Crippen LogP) is 2.02. The molecule has 0 N–H and O–H groups in total. The molecule has 0 saturated heterocycles. The lowest BCUT2D eigenvalue weighted by atomic mass is 10.1. The standard InChI is InChI=1S/C13H12N2O2/c1-17-12(11-5-3-2-4-6-11)13-14-7-10(9-16)8-15-13/h2-9,12H,1H3. The second kappa shape index (κ2) is 5.32. The smallest absolute Gasteiger partial charge is 0.161 e. The van der Waals surface area contributed by atoms with E-state index in [9.17, 15) is 4.79 Å². The first-order chi connectivity index (χ1) is 8.35. The zero-order valence-corrected chi connectivity index (χ0v) is 9.41. The first kappa shape index (κ1) is 11.4. The van der Waals surface area contributed by atoms with E-state index in [1.807, 2.05) is 30.3 Å². The highest BCUT2D eigenvalue weighted by atomic mass is 16.5. The molecular weight excluding hydrogens is 216 g/mol. The van der Waals surface area contributed by atoms with Gasteiger partial charge in [0.25, 0.3) is 0 Å². The van der Waals surface area contributed by atoms with Gasteiger partial charge in [-0.2, -0.15) is 0 Å². The van der Waals surface area contributed by atoms with Crippen molar-refractivity contribution in [1.82, 2.24) is 9.97 Å². The number of carbonyl (C=O) groups excluding carboxylic acids is 1. The van der Waals surface area contributed by atoms with Crippen LogP contribution in [-0.4, -0.2) is 23.4 Å². The van der Waals surface area contributed by atoms with Crippen molar-refractivity contribution >= 4 is 6.29 Å². The van der Waals surface area contributed by atoms with E-state index >= 15 is 0 Å². The quantitative estimate of drug-likeness (QED) is 0.751. The Bertz CT molecular complexity index is 483. The van der Waals surface area contributed by atoms with Crippen molar-refractivity contribution in [2.75, 3.05) is 7.11 Å². The summed E-state index contributed by atoms with van der Waals surface area (Å²) in [5.41, 5.74) is 1.44. The van der Waals surface area contributed by atoms with Gasteiger partial charge in [0.05, 0.1) is 5.56 Å². The molecule has 2 rings (SSSR count). The van der Waals surface area contributed by atoms with Gasteiger partial charge in [0.15, 0.2) is 12.1 Å². The van der Waals surface area contributed by atoms with E-state index in [1.54, 1.807) is 7.11 Å². The van der Waals surface area contributed by atoms with Crippen LogP contribution in [0, 0.1) is 0 Å². The molecule has 0 aliphatic carbocycles. The molecule has 0 saturated carbocycles. The zero-order valence-electron chi connectivity index (χ0n) is 9.41. The Balaban J connectivity index is 2.32. The number of rotatable bonds is 4. The highest BCUT2D eigenvalue weighted by Crippen LogP contribution is 2.21. The number of hydrogen-bond donors (Lipinski definition) is 0. The van der Waals surface area contributed by atoms with Gasteiger partial charge in [-0.3, -0.25) is 4.79 Å². The summed E-state index contributed by atoms with van der Waals surface area (Å²) in [4.78, 5) is 18.8. The molecule has 0 bridgehead atoms. The number of hydrogen-bond acceptors (Lipinski definition) is 4. The van der Waals surface area contributed by atoms with E-state index in [0.717, 1.165) is 5.56 Å². The van der Waals surface area contributed by atoms with Crippen LogP contribution in [0.5, 0.6) is 0 Å². The molecule has 0 spiro atoms. The van der Waals surface area contributed by atoms with Gasteiger partial charge in [-0.25, -0.2) is 9.97 Å². The summed E-state index contributed by atoms with van der Waals surface area (Å²) in [5, 5.41) is 0. The molecule has 0 aliphatic rings. The van der Waals surface area contributed by atoms with Crippen LogP contribution in [0.25, 0.3) is 0 Å². The molecule has 0 fully saturated rings. The summed E-state index contributed by atoms with van der Waals surface area (Å²) < 4.78 is 5.38. The van der Waals surface area contributed by atoms with Crippen molar-refractivity contribution in [3.05, 3.63) is 59.7 Å². The first-order valence-electron chi connectivity index (χ1n) is 5.20. The number of aldehydes is 1. The van der Waals surface area contributed by atoms with E-state index in [0.29, 0.717) is 17.7 Å². The number of carbonyl (C=O) groups is 1. The maximum absolute atomic E-state index is 10.5. The molecule has 17 heavy (non-hydrogen) atoms. The molecule has 1 aromatic heterocycles. The lowest BCUT2D eigenvalue weighted by Gasteiger charge is -2.13. The van der Waals surface area contributed by atoms with Crippen molar-refractivity contribution in [3.8, 4) is 0 Å². The van der Waals surface area contributed by atoms with Crippen LogP contribution >= 0.6 is 0 Å². The monoisotopic (exact) mass is 228 g/mol. The molecule has 1 aromatic carbocycles. The van der Waals surface area contributed by atoms with E-state index in [2.05, 4.69) is 9.97 Å². The Hall–Kier alpha value is -2.07. The minimum absolute atomic E-state index is 0.308. The topological polar surface area (TPSA) is 52.1 Å². The van der Waals surface area contributed by atoms with Gasteiger partial charge in [0.2, 0.25) is 0 Å². The predicted molar refractivity (Wildman–Crippen MR) is 62.7 cm³/mol. The Labute approximate surface area is 99.3 Å². The largest absolute Gasteiger partial charge is 0.369 e. The van der Waals surface area contributed by atoms with Crippen molar-refractivity contribution in [1.29, 1.82) is 0 Å². The number of aromatic nitrogens is 2.